The van der Waals surface area contributed by atoms with E-state index in [0.29, 0.717) is 51.2 Å². The van der Waals surface area contributed by atoms with E-state index in [-0.39, 0.29) is 31.9 Å². The Bertz CT molecular complexity index is 1760. The van der Waals surface area contributed by atoms with Gasteiger partial charge in [0.25, 0.3) is 5.91 Å². The van der Waals surface area contributed by atoms with Gasteiger partial charge >= 0.3 is 0 Å². The van der Waals surface area contributed by atoms with E-state index in [1.807, 2.05) is 24.3 Å². The van der Waals surface area contributed by atoms with E-state index in [2.05, 4.69) is 31.3 Å². The third kappa shape index (κ3) is 7.54. The topological polar surface area (TPSA) is 129 Å². The van der Waals surface area contributed by atoms with Crippen LogP contribution in [0.4, 0.5) is 14.5 Å². The molecular formula is C34H30BrF2N5O4. The van der Waals surface area contributed by atoms with Crippen molar-refractivity contribution in [1.29, 1.82) is 0 Å². The van der Waals surface area contributed by atoms with Gasteiger partial charge < -0.3 is 19.9 Å². The first kappa shape index (κ1) is 32.6. The first-order valence-corrected chi connectivity index (χ1v) is 15.3. The lowest BCUT2D eigenvalue weighted by Gasteiger charge is -2.31. The largest absolute Gasteiger partial charge is 0.494 e. The quantitative estimate of drug-likeness (QED) is 0.0661. The van der Waals surface area contributed by atoms with E-state index >= 15 is 0 Å². The number of carbonyl (C=O) groups excluding carboxylic acids is 1. The summed E-state index contributed by atoms with van der Waals surface area (Å²) in [7, 11) is 0. The second-order valence-electron chi connectivity index (χ2n) is 10.6. The second kappa shape index (κ2) is 15.0. The molecule has 2 atom stereocenters. The van der Waals surface area contributed by atoms with Crippen molar-refractivity contribution in [2.45, 2.75) is 30.9 Å². The fourth-order valence-corrected chi connectivity index (χ4v) is 5.76. The molecule has 0 saturated heterocycles. The summed E-state index contributed by atoms with van der Waals surface area (Å²) in [4.78, 5) is 22.4. The average molecular weight is 691 g/mol. The minimum atomic E-state index is -1.59. The van der Waals surface area contributed by atoms with E-state index in [1.54, 1.807) is 48.5 Å². The number of aliphatic imine (C=N–C) groups is 1. The zero-order valence-electron chi connectivity index (χ0n) is 24.6. The molecule has 0 radical (unpaired) electrons. The second-order valence-corrected chi connectivity index (χ2v) is 11.4. The summed E-state index contributed by atoms with van der Waals surface area (Å²) in [6.45, 7) is 0.438. The molecular weight excluding hydrogens is 660 g/mol. The lowest BCUT2D eigenvalue weighted by atomic mass is 9.81. The zero-order valence-corrected chi connectivity index (χ0v) is 26.2. The predicted molar refractivity (Wildman–Crippen MR) is 173 cm³/mol. The molecule has 0 aliphatic carbocycles. The molecule has 4 aromatic carbocycles. The van der Waals surface area contributed by atoms with Crippen LogP contribution in [-0.4, -0.2) is 42.2 Å². The molecule has 46 heavy (non-hydrogen) atoms. The maximum absolute atomic E-state index is 14.4. The average Bonchev–Trinajstić information content (AvgIpc) is 3.42. The first-order chi connectivity index (χ1) is 22.3. The SMILES string of the molecule is [N-]=[N+]=Nc1ccccc1C[C@@]1(C(=O)NCCc2cc(F)cc(F)c2)N=C(c2ccc(OCCCO)cc2)O[C@@H]1c1ccccc1Br. The van der Waals surface area contributed by atoms with Crippen LogP contribution in [0, 0.1) is 11.6 Å². The fourth-order valence-electron chi connectivity index (χ4n) is 5.27. The van der Waals surface area contributed by atoms with E-state index in [4.69, 9.17) is 19.6 Å². The van der Waals surface area contributed by atoms with Crippen LogP contribution in [-0.2, 0) is 22.4 Å². The number of halogens is 3. The van der Waals surface area contributed by atoms with Crippen LogP contribution >= 0.6 is 15.9 Å². The zero-order chi connectivity index (χ0) is 32.5. The van der Waals surface area contributed by atoms with Crippen LogP contribution < -0.4 is 10.1 Å². The number of hydrogen-bond donors (Lipinski definition) is 2. The van der Waals surface area contributed by atoms with Crippen LogP contribution in [0.2, 0.25) is 0 Å². The van der Waals surface area contributed by atoms with Gasteiger partial charge in [0.15, 0.2) is 11.6 Å². The molecule has 1 heterocycles. The number of rotatable bonds is 13. The molecule has 1 aliphatic rings. The van der Waals surface area contributed by atoms with Crippen molar-refractivity contribution < 1.29 is 28.2 Å². The number of nitrogens with zero attached hydrogens (tertiary/aromatic N) is 4. The van der Waals surface area contributed by atoms with Gasteiger partial charge in [0.2, 0.25) is 5.90 Å². The number of aliphatic hydroxyl groups is 1. The Morgan fingerprint density at radius 2 is 1.78 bits per heavy atom. The van der Waals surface area contributed by atoms with Gasteiger partial charge in [0, 0.05) is 58.3 Å². The highest BCUT2D eigenvalue weighted by atomic mass is 79.9. The molecule has 0 spiro atoms. The minimum Gasteiger partial charge on any atom is -0.494 e. The molecule has 0 unspecified atom stereocenters. The summed E-state index contributed by atoms with van der Waals surface area (Å²) < 4.78 is 40.6. The van der Waals surface area contributed by atoms with Crippen LogP contribution in [0.3, 0.4) is 0 Å². The summed E-state index contributed by atoms with van der Waals surface area (Å²) >= 11 is 3.61. The van der Waals surface area contributed by atoms with Gasteiger partial charge in [-0.2, -0.15) is 0 Å². The van der Waals surface area contributed by atoms with E-state index in [1.165, 1.54) is 12.1 Å². The molecule has 12 heteroatoms. The molecule has 5 rings (SSSR count). The standard InChI is InChI=1S/C34H30BrF2N5O4/c35-29-8-3-2-7-28(29)31-34(21-24-6-1-4-9-30(24)41-42-38,33(44)39-15-14-22-18-25(36)20-26(37)19-22)40-32(46-31)23-10-12-27(13-11-23)45-17-5-16-43/h1-4,6-13,18-20,31,43H,5,14-17,21H2,(H,39,44)/t31-,34-/m1/s1. The van der Waals surface area contributed by atoms with Crippen molar-refractivity contribution >= 4 is 33.4 Å². The summed E-state index contributed by atoms with van der Waals surface area (Å²) in [6, 6.07) is 24.5. The summed E-state index contributed by atoms with van der Waals surface area (Å²) in [5, 5.41) is 15.8. The highest BCUT2D eigenvalue weighted by Gasteiger charge is 2.54. The summed E-state index contributed by atoms with van der Waals surface area (Å²) in [6.07, 6.45) is -0.264. The molecule has 0 aromatic heterocycles. The molecule has 0 fully saturated rings. The molecule has 0 saturated carbocycles. The number of carbonyl (C=O) groups is 1. The Hall–Kier alpha value is -4.77. The maximum Gasteiger partial charge on any atom is 0.252 e. The van der Waals surface area contributed by atoms with Crippen molar-refractivity contribution in [1.82, 2.24) is 5.32 Å². The smallest absolute Gasteiger partial charge is 0.252 e. The Balaban J connectivity index is 1.56. The highest BCUT2D eigenvalue weighted by molar-refractivity contribution is 9.10. The van der Waals surface area contributed by atoms with Crippen molar-refractivity contribution in [2.24, 2.45) is 10.1 Å². The van der Waals surface area contributed by atoms with Gasteiger partial charge in [-0.25, -0.2) is 13.8 Å². The van der Waals surface area contributed by atoms with Gasteiger partial charge in [-0.1, -0.05) is 63.5 Å². The van der Waals surface area contributed by atoms with Crippen molar-refractivity contribution in [3.05, 3.63) is 140 Å². The molecule has 0 bridgehead atoms. The third-order valence-corrected chi connectivity index (χ3v) is 8.17. The van der Waals surface area contributed by atoms with Crippen molar-refractivity contribution in [3.8, 4) is 5.75 Å². The lowest BCUT2D eigenvalue weighted by Crippen LogP contribution is -2.50. The van der Waals surface area contributed by atoms with Crippen LogP contribution in [0.5, 0.6) is 5.75 Å². The predicted octanol–water partition coefficient (Wildman–Crippen LogP) is 7.29. The number of ether oxygens (including phenoxy) is 2. The molecule has 2 N–H and O–H groups in total. The first-order valence-electron chi connectivity index (χ1n) is 14.5. The van der Waals surface area contributed by atoms with E-state index in [0.717, 1.165) is 6.07 Å². The van der Waals surface area contributed by atoms with Gasteiger partial charge in [-0.3, -0.25) is 4.79 Å². The van der Waals surface area contributed by atoms with E-state index < -0.39 is 29.2 Å². The van der Waals surface area contributed by atoms with Crippen LogP contribution in [0.15, 0.2) is 106 Å². The highest BCUT2D eigenvalue weighted by Crippen LogP contribution is 2.45. The van der Waals surface area contributed by atoms with Crippen LogP contribution in [0.1, 0.15) is 34.8 Å². The number of azide groups is 1. The number of aliphatic hydroxyl groups excluding tert-OH is 1. The van der Waals surface area contributed by atoms with Gasteiger partial charge in [-0.05, 0) is 65.5 Å². The Labute approximate surface area is 272 Å². The monoisotopic (exact) mass is 689 g/mol. The molecule has 9 nitrogen and oxygen atoms in total. The van der Waals surface area contributed by atoms with Crippen molar-refractivity contribution in [2.75, 3.05) is 19.8 Å². The van der Waals surface area contributed by atoms with Crippen molar-refractivity contribution in [3.63, 3.8) is 0 Å². The normalized spacial score (nSPS) is 17.0. The van der Waals surface area contributed by atoms with Gasteiger partial charge in [0.1, 0.15) is 17.4 Å². The minimum absolute atomic E-state index is 0.000472. The molecule has 4 aromatic rings. The molecule has 236 valence electrons. The van der Waals surface area contributed by atoms with Crippen LogP contribution in [0.25, 0.3) is 10.4 Å². The number of benzene rings is 4. The van der Waals surface area contributed by atoms with Gasteiger partial charge in [0.05, 0.1) is 6.61 Å². The summed E-state index contributed by atoms with van der Waals surface area (Å²) in [5.41, 5.74) is 10.2. The summed E-state index contributed by atoms with van der Waals surface area (Å²) in [5.74, 6) is -1.08. The number of hydrogen-bond acceptors (Lipinski definition) is 6. The number of amides is 1. The molecule has 1 aliphatic heterocycles. The van der Waals surface area contributed by atoms with Gasteiger partial charge in [-0.15, -0.1) is 0 Å². The fraction of sp³-hybridized carbons (Fsp3) is 0.235. The Morgan fingerprint density at radius 3 is 2.50 bits per heavy atom. The maximum atomic E-state index is 14.4. The lowest BCUT2D eigenvalue weighted by molar-refractivity contribution is -0.128. The molecule has 1 amide bonds. The Morgan fingerprint density at radius 1 is 1.07 bits per heavy atom. The number of nitrogens with one attached hydrogen (secondary N) is 1. The third-order valence-electron chi connectivity index (χ3n) is 7.44. The van der Waals surface area contributed by atoms with E-state index in [9.17, 15) is 19.1 Å². The Kier molecular flexibility index (Phi) is 10.6.